The molecule has 2 aliphatic carbocycles. The van der Waals surface area contributed by atoms with Crippen molar-refractivity contribution in [2.45, 2.75) is 38.9 Å². The van der Waals surface area contributed by atoms with Crippen molar-refractivity contribution in [3.63, 3.8) is 0 Å². The first-order valence-electron chi connectivity index (χ1n) is 7.92. The van der Waals surface area contributed by atoms with Crippen LogP contribution in [0.1, 0.15) is 27.2 Å². The summed E-state index contributed by atoms with van der Waals surface area (Å²) in [5, 5.41) is 0. The normalized spacial score (nSPS) is 40.2. The van der Waals surface area contributed by atoms with E-state index in [2.05, 4.69) is 6.58 Å². The van der Waals surface area contributed by atoms with Crippen LogP contribution in [0, 0.1) is 29.6 Å². The molecule has 0 N–H and O–H groups in total. The van der Waals surface area contributed by atoms with Crippen molar-refractivity contribution < 1.29 is 28.6 Å². The van der Waals surface area contributed by atoms with Gasteiger partial charge in [0.1, 0.15) is 6.10 Å². The van der Waals surface area contributed by atoms with E-state index in [1.54, 1.807) is 6.92 Å². The summed E-state index contributed by atoms with van der Waals surface area (Å²) in [5.74, 6) is -2.91. The van der Waals surface area contributed by atoms with Crippen molar-refractivity contribution in [1.29, 1.82) is 0 Å². The van der Waals surface area contributed by atoms with Crippen LogP contribution in [0.5, 0.6) is 0 Å². The highest BCUT2D eigenvalue weighted by molar-refractivity contribution is 5.89. The van der Waals surface area contributed by atoms with Crippen LogP contribution in [0.2, 0.25) is 0 Å². The SMILES string of the molecule is C=C(C)C(=O)OC1(C(C)C)C2CC3C(C(=O)OC31)C2C(=O)OC. The number of rotatable bonds is 4. The lowest BCUT2D eigenvalue weighted by Gasteiger charge is -2.44. The van der Waals surface area contributed by atoms with Gasteiger partial charge < -0.3 is 14.2 Å². The molecule has 3 fully saturated rings. The highest BCUT2D eigenvalue weighted by atomic mass is 16.6. The van der Waals surface area contributed by atoms with Crippen LogP contribution in [0.25, 0.3) is 0 Å². The topological polar surface area (TPSA) is 78.9 Å². The summed E-state index contributed by atoms with van der Waals surface area (Å²) in [4.78, 5) is 36.8. The van der Waals surface area contributed by atoms with Gasteiger partial charge in [-0.2, -0.15) is 0 Å². The number of methoxy groups -OCH3 is 1. The third kappa shape index (κ3) is 1.90. The minimum absolute atomic E-state index is 0.100. The van der Waals surface area contributed by atoms with E-state index < -0.39 is 35.5 Å². The fourth-order valence-corrected chi connectivity index (χ4v) is 4.83. The van der Waals surface area contributed by atoms with Gasteiger partial charge in [-0.15, -0.1) is 0 Å². The lowest BCUT2D eigenvalue weighted by Crippen LogP contribution is -2.57. The first kappa shape index (κ1) is 16.0. The van der Waals surface area contributed by atoms with Crippen LogP contribution in [-0.4, -0.2) is 36.7 Å². The summed E-state index contributed by atoms with van der Waals surface area (Å²) in [6.45, 7) is 9.03. The van der Waals surface area contributed by atoms with Gasteiger partial charge >= 0.3 is 17.9 Å². The Morgan fingerprint density at radius 3 is 2.57 bits per heavy atom. The van der Waals surface area contributed by atoms with E-state index in [1.807, 2.05) is 13.8 Å². The predicted molar refractivity (Wildman–Crippen MR) is 78.9 cm³/mol. The molecule has 3 rings (SSSR count). The van der Waals surface area contributed by atoms with Gasteiger partial charge in [0.15, 0.2) is 5.60 Å². The van der Waals surface area contributed by atoms with Crippen molar-refractivity contribution in [1.82, 2.24) is 0 Å². The number of fused-ring (bicyclic) bond motifs is 1. The maximum Gasteiger partial charge on any atom is 0.333 e. The Morgan fingerprint density at radius 2 is 2.04 bits per heavy atom. The van der Waals surface area contributed by atoms with E-state index in [-0.39, 0.29) is 29.3 Å². The molecule has 6 heteroatoms. The van der Waals surface area contributed by atoms with Gasteiger partial charge in [0.05, 0.1) is 18.9 Å². The largest absolute Gasteiger partial charge is 0.469 e. The third-order valence-electron chi connectivity index (χ3n) is 5.73. The van der Waals surface area contributed by atoms with Crippen LogP contribution < -0.4 is 0 Å². The Labute approximate surface area is 135 Å². The summed E-state index contributed by atoms with van der Waals surface area (Å²) < 4.78 is 16.3. The summed E-state index contributed by atoms with van der Waals surface area (Å²) in [6, 6.07) is 0. The Kier molecular flexibility index (Phi) is 3.54. The van der Waals surface area contributed by atoms with Crippen molar-refractivity contribution in [3.8, 4) is 0 Å². The minimum atomic E-state index is -0.998. The average molecular weight is 322 g/mol. The van der Waals surface area contributed by atoms with Gasteiger partial charge in [-0.1, -0.05) is 20.4 Å². The monoisotopic (exact) mass is 322 g/mol. The molecule has 2 bridgehead atoms. The predicted octanol–water partition coefficient (Wildman–Crippen LogP) is 1.48. The lowest BCUT2D eigenvalue weighted by molar-refractivity contribution is -0.195. The molecule has 126 valence electrons. The van der Waals surface area contributed by atoms with Gasteiger partial charge in [-0.25, -0.2) is 4.79 Å². The fourth-order valence-electron chi connectivity index (χ4n) is 4.83. The number of hydrogen-bond acceptors (Lipinski definition) is 6. The molecular weight excluding hydrogens is 300 g/mol. The van der Waals surface area contributed by atoms with E-state index in [4.69, 9.17) is 14.2 Å². The molecule has 0 spiro atoms. The zero-order valence-corrected chi connectivity index (χ0v) is 13.8. The maximum absolute atomic E-state index is 12.3. The first-order chi connectivity index (χ1) is 10.8. The molecule has 3 aliphatic rings. The van der Waals surface area contributed by atoms with Crippen molar-refractivity contribution in [2.24, 2.45) is 29.6 Å². The number of esters is 3. The molecule has 23 heavy (non-hydrogen) atoms. The highest BCUT2D eigenvalue weighted by Crippen LogP contribution is 2.65. The van der Waals surface area contributed by atoms with E-state index in [0.717, 1.165) is 0 Å². The fraction of sp³-hybridized carbons (Fsp3) is 0.706. The molecule has 1 aliphatic heterocycles. The summed E-state index contributed by atoms with van der Waals surface area (Å²) in [6.07, 6.45) is 0.136. The molecule has 0 aromatic carbocycles. The molecule has 6 unspecified atom stereocenters. The molecule has 1 saturated heterocycles. The van der Waals surface area contributed by atoms with Crippen LogP contribution in [0.3, 0.4) is 0 Å². The molecule has 0 aromatic heterocycles. The van der Waals surface area contributed by atoms with Crippen LogP contribution in [0.15, 0.2) is 12.2 Å². The Bertz CT molecular complexity index is 594. The Balaban J connectivity index is 2.07. The van der Waals surface area contributed by atoms with Crippen molar-refractivity contribution >= 4 is 17.9 Å². The first-order valence-corrected chi connectivity index (χ1v) is 7.92. The van der Waals surface area contributed by atoms with Crippen LogP contribution >= 0.6 is 0 Å². The van der Waals surface area contributed by atoms with Gasteiger partial charge in [0, 0.05) is 17.4 Å². The Hall–Kier alpha value is -1.85. The van der Waals surface area contributed by atoms with E-state index in [9.17, 15) is 14.4 Å². The maximum atomic E-state index is 12.3. The average Bonchev–Trinajstić information content (AvgIpc) is 3.08. The molecule has 0 aromatic rings. The van der Waals surface area contributed by atoms with Crippen molar-refractivity contribution in [2.75, 3.05) is 7.11 Å². The number of ether oxygens (including phenoxy) is 3. The second kappa shape index (κ2) is 5.08. The summed E-state index contributed by atoms with van der Waals surface area (Å²) >= 11 is 0. The van der Waals surface area contributed by atoms with Crippen LogP contribution in [0.4, 0.5) is 0 Å². The molecule has 2 saturated carbocycles. The lowest BCUT2D eigenvalue weighted by atomic mass is 9.67. The zero-order valence-electron chi connectivity index (χ0n) is 13.8. The highest BCUT2D eigenvalue weighted by Gasteiger charge is 2.77. The quantitative estimate of drug-likeness (QED) is 0.443. The summed E-state index contributed by atoms with van der Waals surface area (Å²) in [5.41, 5.74) is -0.717. The second-order valence-corrected chi connectivity index (χ2v) is 7.12. The number of carbonyl (C=O) groups excluding carboxylic acids is 3. The molecule has 1 heterocycles. The van der Waals surface area contributed by atoms with Gasteiger partial charge in [-0.3, -0.25) is 9.59 Å². The number of hydrogen-bond donors (Lipinski definition) is 0. The molecule has 0 amide bonds. The smallest absolute Gasteiger partial charge is 0.333 e. The summed E-state index contributed by atoms with van der Waals surface area (Å²) in [7, 11) is 1.31. The van der Waals surface area contributed by atoms with E-state index in [1.165, 1.54) is 7.11 Å². The van der Waals surface area contributed by atoms with E-state index >= 15 is 0 Å². The van der Waals surface area contributed by atoms with E-state index in [0.29, 0.717) is 6.42 Å². The van der Waals surface area contributed by atoms with Crippen molar-refractivity contribution in [3.05, 3.63) is 12.2 Å². The van der Waals surface area contributed by atoms with Gasteiger partial charge in [0.2, 0.25) is 0 Å². The Morgan fingerprint density at radius 1 is 1.39 bits per heavy atom. The number of carbonyl (C=O) groups is 3. The molecule has 0 radical (unpaired) electrons. The van der Waals surface area contributed by atoms with Gasteiger partial charge in [0.25, 0.3) is 0 Å². The van der Waals surface area contributed by atoms with Crippen LogP contribution in [-0.2, 0) is 28.6 Å². The molecule has 6 atom stereocenters. The zero-order chi connectivity index (χ0) is 17.1. The third-order valence-corrected chi connectivity index (χ3v) is 5.73. The van der Waals surface area contributed by atoms with Gasteiger partial charge in [-0.05, 0) is 19.3 Å². The molecule has 6 nitrogen and oxygen atoms in total. The minimum Gasteiger partial charge on any atom is -0.469 e. The standard InChI is InChI=1S/C17H22O6/c1-7(2)14(18)23-17(8(3)4)10-6-9-11(12(10)15(19)21-5)16(20)22-13(9)17/h8-13H,1,6H2,2-5H3. The second-order valence-electron chi connectivity index (χ2n) is 7.12. The molecular formula is C17H22O6.